The second-order valence-electron chi connectivity index (χ2n) is 4.91. The van der Waals surface area contributed by atoms with Gasteiger partial charge in [-0.15, -0.1) is 0 Å². The summed E-state index contributed by atoms with van der Waals surface area (Å²) in [6.07, 6.45) is -0.256. The van der Waals surface area contributed by atoms with Crippen molar-refractivity contribution < 1.29 is 23.5 Å². The minimum atomic E-state index is -2.60. The molecule has 1 rings (SSSR count). The topological polar surface area (TPSA) is 78.4 Å². The van der Waals surface area contributed by atoms with E-state index in [2.05, 4.69) is 10.6 Å². The van der Waals surface area contributed by atoms with Crippen LogP contribution >= 0.6 is 11.8 Å². The first-order valence-corrected chi connectivity index (χ1v) is 6.92. The average molecular weight is 318 g/mol. The Morgan fingerprint density at radius 3 is 2.52 bits per heavy atom. The van der Waals surface area contributed by atoms with Gasteiger partial charge in [-0.2, -0.15) is 8.78 Å². The van der Waals surface area contributed by atoms with Gasteiger partial charge in [0.2, 0.25) is 0 Å². The number of thioether (sulfide) groups is 1. The van der Waals surface area contributed by atoms with Crippen molar-refractivity contribution in [3.05, 3.63) is 24.3 Å². The Hall–Kier alpha value is -1.83. The van der Waals surface area contributed by atoms with Crippen LogP contribution in [-0.2, 0) is 4.79 Å². The minimum absolute atomic E-state index is 0.235. The van der Waals surface area contributed by atoms with Crippen molar-refractivity contribution >= 4 is 29.4 Å². The van der Waals surface area contributed by atoms with Crippen LogP contribution in [0.25, 0.3) is 0 Å². The number of halogens is 2. The minimum Gasteiger partial charge on any atom is -0.481 e. The lowest BCUT2D eigenvalue weighted by Gasteiger charge is -2.24. The molecule has 0 heterocycles. The van der Waals surface area contributed by atoms with Crippen molar-refractivity contribution in [2.24, 2.45) is 0 Å². The molecule has 21 heavy (non-hydrogen) atoms. The lowest BCUT2D eigenvalue weighted by atomic mass is 10.0. The Kier molecular flexibility index (Phi) is 5.95. The molecule has 0 fully saturated rings. The van der Waals surface area contributed by atoms with Crippen LogP contribution < -0.4 is 10.6 Å². The van der Waals surface area contributed by atoms with Gasteiger partial charge >= 0.3 is 12.0 Å². The number of urea groups is 1. The number of anilines is 1. The van der Waals surface area contributed by atoms with Gasteiger partial charge in [0.05, 0.1) is 12.1 Å². The number of carbonyl (C=O) groups excluding carboxylic acids is 1. The van der Waals surface area contributed by atoms with Crippen LogP contribution in [0.5, 0.6) is 0 Å². The number of nitrogens with one attached hydrogen (secondary N) is 2. The maximum atomic E-state index is 12.4. The van der Waals surface area contributed by atoms with E-state index in [-0.39, 0.29) is 17.0 Å². The third-order valence-electron chi connectivity index (χ3n) is 2.40. The summed E-state index contributed by atoms with van der Waals surface area (Å²) in [6, 6.07) is 5.50. The number of para-hydroxylation sites is 1. The highest BCUT2D eigenvalue weighted by atomic mass is 32.2. The second-order valence-corrected chi connectivity index (χ2v) is 5.94. The van der Waals surface area contributed by atoms with E-state index in [0.717, 1.165) is 0 Å². The highest BCUT2D eigenvalue weighted by Crippen LogP contribution is 2.31. The summed E-state index contributed by atoms with van der Waals surface area (Å²) in [5.74, 6) is -3.64. The standard InChI is InChI=1S/C13H16F2N2O3S/c1-13(2,7-10(18)19)17-12(20)16-8-5-3-4-6-9(8)21-11(14)15/h3-6,11H,7H2,1-2H3,(H,18,19)(H2,16,17,20). The predicted octanol–water partition coefficient (Wildman–Crippen LogP) is 3.38. The first-order chi connectivity index (χ1) is 9.69. The lowest BCUT2D eigenvalue weighted by Crippen LogP contribution is -2.46. The molecule has 8 heteroatoms. The third-order valence-corrected chi connectivity index (χ3v) is 3.18. The number of hydrogen-bond acceptors (Lipinski definition) is 3. The molecule has 5 nitrogen and oxygen atoms in total. The van der Waals surface area contributed by atoms with E-state index in [1.165, 1.54) is 12.1 Å². The summed E-state index contributed by atoms with van der Waals surface area (Å²) in [5, 5.41) is 13.7. The van der Waals surface area contributed by atoms with E-state index < -0.39 is 23.3 Å². The maximum absolute atomic E-state index is 12.4. The average Bonchev–Trinajstić information content (AvgIpc) is 2.28. The zero-order valence-corrected chi connectivity index (χ0v) is 12.3. The Balaban J connectivity index is 2.73. The van der Waals surface area contributed by atoms with Gasteiger partial charge in [-0.3, -0.25) is 4.79 Å². The summed E-state index contributed by atoms with van der Waals surface area (Å²) < 4.78 is 24.8. The molecule has 0 bridgehead atoms. The molecule has 0 aliphatic rings. The Labute approximate surface area is 125 Å². The van der Waals surface area contributed by atoms with Gasteiger partial charge in [-0.05, 0) is 26.0 Å². The van der Waals surface area contributed by atoms with Gasteiger partial charge in [0.1, 0.15) is 0 Å². The van der Waals surface area contributed by atoms with Crippen LogP contribution in [0.1, 0.15) is 20.3 Å². The van der Waals surface area contributed by atoms with Crippen molar-refractivity contribution in [1.29, 1.82) is 0 Å². The fraction of sp³-hybridized carbons (Fsp3) is 0.385. The van der Waals surface area contributed by atoms with Crippen molar-refractivity contribution in [2.75, 3.05) is 5.32 Å². The molecule has 0 spiro atoms. The fourth-order valence-corrected chi connectivity index (χ4v) is 2.25. The number of benzene rings is 1. The molecular weight excluding hydrogens is 302 g/mol. The Bertz CT molecular complexity index is 524. The smallest absolute Gasteiger partial charge is 0.319 e. The molecule has 0 radical (unpaired) electrons. The normalized spacial score (nSPS) is 11.3. The van der Waals surface area contributed by atoms with Gasteiger partial charge in [0.15, 0.2) is 0 Å². The van der Waals surface area contributed by atoms with Gasteiger partial charge in [0.25, 0.3) is 5.76 Å². The van der Waals surface area contributed by atoms with E-state index in [1.807, 2.05) is 0 Å². The summed E-state index contributed by atoms with van der Waals surface area (Å²) in [4.78, 5) is 22.7. The second kappa shape index (κ2) is 7.26. The van der Waals surface area contributed by atoms with Crippen molar-refractivity contribution in [2.45, 2.75) is 36.5 Å². The molecule has 0 saturated carbocycles. The van der Waals surface area contributed by atoms with E-state index in [1.54, 1.807) is 26.0 Å². The third kappa shape index (κ3) is 6.44. The number of carboxylic acids is 1. The molecule has 0 aromatic heterocycles. The lowest BCUT2D eigenvalue weighted by molar-refractivity contribution is -0.138. The number of aliphatic carboxylic acids is 1. The zero-order chi connectivity index (χ0) is 16.0. The summed E-state index contributed by atoms with van der Waals surface area (Å²) >= 11 is 0.326. The van der Waals surface area contributed by atoms with Crippen LogP contribution in [0, 0.1) is 0 Å². The van der Waals surface area contributed by atoms with Crippen LogP contribution in [0.2, 0.25) is 0 Å². The van der Waals surface area contributed by atoms with Crippen LogP contribution in [-0.4, -0.2) is 28.4 Å². The van der Waals surface area contributed by atoms with Gasteiger partial charge in [0, 0.05) is 10.4 Å². The molecular formula is C13H16F2N2O3S. The zero-order valence-electron chi connectivity index (χ0n) is 11.5. The van der Waals surface area contributed by atoms with Crippen molar-refractivity contribution in [1.82, 2.24) is 5.32 Å². The predicted molar refractivity (Wildman–Crippen MR) is 76.8 cm³/mol. The quantitative estimate of drug-likeness (QED) is 0.703. The summed E-state index contributed by atoms with van der Waals surface area (Å²) in [5.41, 5.74) is -0.716. The first-order valence-electron chi connectivity index (χ1n) is 6.04. The molecule has 1 aromatic carbocycles. The van der Waals surface area contributed by atoms with E-state index in [9.17, 15) is 18.4 Å². The van der Waals surface area contributed by atoms with Crippen molar-refractivity contribution in [3.63, 3.8) is 0 Å². The van der Waals surface area contributed by atoms with E-state index >= 15 is 0 Å². The largest absolute Gasteiger partial charge is 0.481 e. The van der Waals surface area contributed by atoms with Crippen molar-refractivity contribution in [3.8, 4) is 0 Å². The van der Waals surface area contributed by atoms with Gasteiger partial charge in [-0.1, -0.05) is 23.9 Å². The SMILES string of the molecule is CC(C)(CC(=O)O)NC(=O)Nc1ccccc1SC(F)F. The van der Waals surface area contributed by atoms with E-state index in [0.29, 0.717) is 11.8 Å². The molecule has 0 saturated heterocycles. The molecule has 1 aromatic rings. The highest BCUT2D eigenvalue weighted by Gasteiger charge is 2.24. The molecule has 0 aliphatic heterocycles. The number of carbonyl (C=O) groups is 2. The van der Waals surface area contributed by atoms with Crippen LogP contribution in [0.4, 0.5) is 19.3 Å². The molecule has 2 amide bonds. The Morgan fingerprint density at radius 1 is 1.33 bits per heavy atom. The van der Waals surface area contributed by atoms with E-state index in [4.69, 9.17) is 5.11 Å². The summed E-state index contributed by atoms with van der Waals surface area (Å²) in [6.45, 7) is 3.11. The highest BCUT2D eigenvalue weighted by molar-refractivity contribution is 7.99. The molecule has 0 unspecified atom stereocenters. The number of hydrogen-bond donors (Lipinski definition) is 3. The molecule has 116 valence electrons. The maximum Gasteiger partial charge on any atom is 0.319 e. The Morgan fingerprint density at radius 2 is 1.95 bits per heavy atom. The van der Waals surface area contributed by atoms with Crippen LogP contribution in [0.15, 0.2) is 29.2 Å². The van der Waals surface area contributed by atoms with Crippen LogP contribution in [0.3, 0.4) is 0 Å². The number of rotatable bonds is 6. The summed E-state index contributed by atoms with van der Waals surface area (Å²) in [7, 11) is 0. The molecule has 0 aliphatic carbocycles. The first kappa shape index (κ1) is 17.2. The number of alkyl halides is 2. The number of amides is 2. The van der Waals surface area contributed by atoms with Gasteiger partial charge < -0.3 is 15.7 Å². The van der Waals surface area contributed by atoms with Gasteiger partial charge in [-0.25, -0.2) is 4.79 Å². The monoisotopic (exact) mass is 318 g/mol. The molecule has 3 N–H and O–H groups in total. The number of carboxylic acid groups (broad SMARTS) is 1. The molecule has 0 atom stereocenters. The fourth-order valence-electron chi connectivity index (χ4n) is 1.65.